The number of pyridine rings is 1. The van der Waals surface area contributed by atoms with Crippen LogP contribution in [0.3, 0.4) is 0 Å². The van der Waals surface area contributed by atoms with Gasteiger partial charge in [-0.25, -0.2) is 4.98 Å². The van der Waals surface area contributed by atoms with Gasteiger partial charge in [-0.1, -0.05) is 35.9 Å². The van der Waals surface area contributed by atoms with Crippen LogP contribution in [-0.4, -0.2) is 46.5 Å². The summed E-state index contributed by atoms with van der Waals surface area (Å²) in [7, 11) is 0. The first-order valence-corrected chi connectivity index (χ1v) is 9.95. The highest BCUT2D eigenvalue weighted by Gasteiger charge is 2.53. The van der Waals surface area contributed by atoms with Crippen LogP contribution in [0.4, 0.5) is 5.82 Å². The maximum absolute atomic E-state index is 6.16. The lowest BCUT2D eigenvalue weighted by Gasteiger charge is -2.51. The molecule has 1 aromatic heterocycles. The van der Waals surface area contributed by atoms with Crippen LogP contribution in [0, 0.1) is 12.8 Å². The average molecular weight is 348 g/mol. The Balaban J connectivity index is 1.48. The van der Waals surface area contributed by atoms with E-state index in [0.29, 0.717) is 23.8 Å². The molecular formula is C22H28N4. The quantitative estimate of drug-likeness (QED) is 0.926. The molecule has 4 nitrogen and oxygen atoms in total. The largest absolute Gasteiger partial charge is 0.383 e. The zero-order valence-corrected chi connectivity index (χ0v) is 15.5. The molecule has 0 amide bonds. The van der Waals surface area contributed by atoms with E-state index in [9.17, 15) is 0 Å². The van der Waals surface area contributed by atoms with E-state index in [-0.39, 0.29) is 0 Å². The van der Waals surface area contributed by atoms with E-state index < -0.39 is 0 Å². The summed E-state index contributed by atoms with van der Waals surface area (Å²) in [5, 5.41) is 0. The van der Waals surface area contributed by atoms with Gasteiger partial charge in [0, 0.05) is 42.9 Å². The molecule has 0 aliphatic carbocycles. The molecule has 4 saturated heterocycles. The number of rotatable bonds is 3. The fraction of sp³-hybridized carbons (Fsp3) is 0.500. The van der Waals surface area contributed by atoms with Crippen LogP contribution < -0.4 is 5.73 Å². The lowest BCUT2D eigenvalue weighted by atomic mass is 9.75. The number of aryl methyl sites for hydroxylation is 1. The van der Waals surface area contributed by atoms with E-state index >= 15 is 0 Å². The molecule has 1 aromatic carbocycles. The highest BCUT2D eigenvalue weighted by molar-refractivity contribution is 5.39. The molecule has 26 heavy (non-hydrogen) atoms. The molecule has 0 saturated carbocycles. The minimum absolute atomic E-state index is 0.599. The Labute approximate surface area is 156 Å². The average Bonchev–Trinajstić information content (AvgIpc) is 3.07. The fourth-order valence-corrected chi connectivity index (χ4v) is 5.63. The third kappa shape index (κ3) is 2.63. The number of nitrogens with zero attached hydrogens (tertiary/aromatic N) is 3. The summed E-state index contributed by atoms with van der Waals surface area (Å²) < 4.78 is 0. The molecule has 6 rings (SSSR count). The number of piperidine rings is 3. The monoisotopic (exact) mass is 348 g/mol. The van der Waals surface area contributed by atoms with E-state index in [1.165, 1.54) is 42.6 Å². The minimum Gasteiger partial charge on any atom is -0.383 e. The summed E-state index contributed by atoms with van der Waals surface area (Å²) in [5.74, 6) is 2.11. The highest BCUT2D eigenvalue weighted by atomic mass is 15.3. The summed E-state index contributed by atoms with van der Waals surface area (Å²) >= 11 is 0. The smallest absolute Gasteiger partial charge is 0.127 e. The summed E-state index contributed by atoms with van der Waals surface area (Å²) in [5.41, 5.74) is 10.2. The topological polar surface area (TPSA) is 45.4 Å². The van der Waals surface area contributed by atoms with E-state index in [4.69, 9.17) is 5.73 Å². The van der Waals surface area contributed by atoms with Crippen LogP contribution in [0.25, 0.3) is 0 Å². The zero-order chi connectivity index (χ0) is 17.7. The summed E-state index contributed by atoms with van der Waals surface area (Å²) in [6.07, 6.45) is 4.48. The number of hydrogen-bond acceptors (Lipinski definition) is 4. The SMILES string of the molecule is Cc1ccc([C@@H]2CN(Cc3cccnc3N)[C@@H]3C4CCN(CC4)[C@@H]32)cc1. The third-order valence-corrected chi connectivity index (χ3v) is 6.90. The zero-order valence-electron chi connectivity index (χ0n) is 15.5. The molecule has 2 aromatic rings. The number of anilines is 1. The second-order valence-electron chi connectivity index (χ2n) is 8.35. The number of nitrogen functional groups attached to an aromatic ring is 1. The first kappa shape index (κ1) is 16.3. The number of aromatic nitrogens is 1. The predicted molar refractivity (Wildman–Crippen MR) is 105 cm³/mol. The van der Waals surface area contributed by atoms with Gasteiger partial charge in [-0.05, 0) is 50.4 Å². The van der Waals surface area contributed by atoms with Crippen LogP contribution in [0.2, 0.25) is 0 Å². The van der Waals surface area contributed by atoms with E-state index in [1.54, 1.807) is 6.20 Å². The maximum atomic E-state index is 6.16. The molecule has 5 heterocycles. The molecular weight excluding hydrogens is 320 g/mol. The molecule has 4 aliphatic rings. The lowest BCUT2D eigenvalue weighted by Crippen LogP contribution is -2.60. The Bertz CT molecular complexity index is 779. The van der Waals surface area contributed by atoms with Crippen molar-refractivity contribution in [1.82, 2.24) is 14.8 Å². The Hall–Kier alpha value is -1.91. The number of benzene rings is 1. The van der Waals surface area contributed by atoms with Crippen molar-refractivity contribution in [3.8, 4) is 0 Å². The van der Waals surface area contributed by atoms with E-state index in [2.05, 4.69) is 52.0 Å². The molecule has 4 heteroatoms. The van der Waals surface area contributed by atoms with Gasteiger partial charge in [-0.3, -0.25) is 9.80 Å². The first-order valence-electron chi connectivity index (χ1n) is 9.95. The number of nitrogens with two attached hydrogens (primary N) is 1. The van der Waals surface area contributed by atoms with Crippen LogP contribution >= 0.6 is 0 Å². The Morgan fingerprint density at radius 1 is 1.08 bits per heavy atom. The van der Waals surface area contributed by atoms with Crippen molar-refractivity contribution in [2.24, 2.45) is 5.92 Å². The second kappa shape index (κ2) is 6.36. The van der Waals surface area contributed by atoms with Gasteiger partial charge in [0.2, 0.25) is 0 Å². The summed E-state index contributed by atoms with van der Waals surface area (Å²) in [6, 6.07) is 14.7. The molecule has 2 N–H and O–H groups in total. The molecule has 0 spiro atoms. The van der Waals surface area contributed by atoms with Crippen molar-refractivity contribution in [1.29, 1.82) is 0 Å². The predicted octanol–water partition coefficient (Wildman–Crippen LogP) is 3.03. The Morgan fingerprint density at radius 3 is 2.58 bits per heavy atom. The Kier molecular flexibility index (Phi) is 3.98. The first-order chi connectivity index (χ1) is 12.7. The van der Waals surface area contributed by atoms with Crippen molar-refractivity contribution in [3.63, 3.8) is 0 Å². The number of fused-ring (bicyclic) bond motifs is 2. The normalized spacial score (nSPS) is 33.3. The van der Waals surface area contributed by atoms with E-state index in [0.717, 1.165) is 19.0 Å². The van der Waals surface area contributed by atoms with Crippen molar-refractivity contribution < 1.29 is 0 Å². The van der Waals surface area contributed by atoms with Gasteiger partial charge >= 0.3 is 0 Å². The molecule has 0 radical (unpaired) electrons. The maximum Gasteiger partial charge on any atom is 0.127 e. The van der Waals surface area contributed by atoms with Crippen LogP contribution in [-0.2, 0) is 6.54 Å². The van der Waals surface area contributed by atoms with Gasteiger partial charge in [-0.15, -0.1) is 0 Å². The van der Waals surface area contributed by atoms with Gasteiger partial charge < -0.3 is 5.73 Å². The van der Waals surface area contributed by atoms with Gasteiger partial charge in [0.25, 0.3) is 0 Å². The minimum atomic E-state index is 0.599. The third-order valence-electron chi connectivity index (χ3n) is 6.90. The number of likely N-dealkylation sites (tertiary alicyclic amines) is 1. The van der Waals surface area contributed by atoms with Gasteiger partial charge in [0.1, 0.15) is 5.82 Å². The summed E-state index contributed by atoms with van der Waals surface area (Å²) in [6.45, 7) is 6.77. The van der Waals surface area contributed by atoms with Crippen molar-refractivity contribution >= 4 is 5.82 Å². The highest BCUT2D eigenvalue weighted by Crippen LogP contribution is 2.47. The van der Waals surface area contributed by atoms with Gasteiger partial charge in [-0.2, -0.15) is 0 Å². The van der Waals surface area contributed by atoms with Gasteiger partial charge in [0.05, 0.1) is 0 Å². The van der Waals surface area contributed by atoms with Crippen molar-refractivity contribution in [3.05, 3.63) is 59.3 Å². The van der Waals surface area contributed by atoms with E-state index in [1.807, 2.05) is 6.07 Å². The number of hydrogen-bond donors (Lipinski definition) is 1. The second-order valence-corrected chi connectivity index (χ2v) is 8.35. The fourth-order valence-electron chi connectivity index (χ4n) is 5.63. The molecule has 3 atom stereocenters. The van der Waals surface area contributed by atoms with Crippen LogP contribution in [0.15, 0.2) is 42.6 Å². The summed E-state index contributed by atoms with van der Waals surface area (Å²) in [4.78, 5) is 9.77. The van der Waals surface area contributed by atoms with Crippen LogP contribution in [0.1, 0.15) is 35.4 Å². The molecule has 4 aliphatic heterocycles. The molecule has 0 unspecified atom stereocenters. The van der Waals surface area contributed by atoms with Crippen molar-refractivity contribution in [2.75, 3.05) is 25.4 Å². The standard InChI is InChI=1S/C22H28N4/c1-15-4-6-16(7-5-15)19-14-26(13-18-3-2-10-24-22(18)23)20-17-8-11-25(12-9-17)21(19)20/h2-7,10,17,19-21H,8-9,11-14H2,1H3,(H2,23,24)/t19-,20+,21+/m0/s1. The molecule has 136 valence electrons. The lowest BCUT2D eigenvalue weighted by molar-refractivity contribution is -0.00866. The molecule has 4 fully saturated rings. The van der Waals surface area contributed by atoms with Gasteiger partial charge in [0.15, 0.2) is 0 Å². The Morgan fingerprint density at radius 2 is 1.85 bits per heavy atom. The molecule has 2 bridgehead atoms. The van der Waals surface area contributed by atoms with Crippen molar-refractivity contribution in [2.45, 2.75) is 44.3 Å². The van der Waals surface area contributed by atoms with Crippen LogP contribution in [0.5, 0.6) is 0 Å².